The predicted molar refractivity (Wildman–Crippen MR) is 75.6 cm³/mol. The van der Waals surface area contributed by atoms with Crippen LogP contribution < -0.4 is 4.90 Å². The molecule has 0 saturated carbocycles. The molecule has 1 saturated heterocycles. The van der Waals surface area contributed by atoms with Crippen molar-refractivity contribution in [3.05, 3.63) is 29.8 Å². The molecule has 1 aliphatic heterocycles. The lowest BCUT2D eigenvalue weighted by molar-refractivity contribution is -0.137. The molecule has 0 spiro atoms. The lowest BCUT2D eigenvalue weighted by Crippen LogP contribution is -2.50. The van der Waals surface area contributed by atoms with Crippen LogP contribution in [0.3, 0.4) is 0 Å². The third-order valence-electron chi connectivity index (χ3n) is 3.47. The van der Waals surface area contributed by atoms with Gasteiger partial charge in [-0.25, -0.2) is 0 Å². The molecule has 2 rings (SSSR count). The number of alkyl halides is 4. The molecule has 0 N–H and O–H groups in total. The summed E-state index contributed by atoms with van der Waals surface area (Å²) in [5.41, 5.74) is -0.135. The molecule has 0 aromatic heterocycles. The Hall–Kier alpha value is -1.43. The maximum absolute atomic E-state index is 12.7. The van der Waals surface area contributed by atoms with Crippen LogP contribution in [0.4, 0.5) is 18.9 Å². The van der Waals surface area contributed by atoms with Crippen molar-refractivity contribution < 1.29 is 18.0 Å². The number of rotatable bonds is 2. The number of hydrogen-bond donors (Lipinski definition) is 0. The van der Waals surface area contributed by atoms with Gasteiger partial charge < -0.3 is 9.80 Å². The summed E-state index contributed by atoms with van der Waals surface area (Å²) in [6, 6.07) is 5.24. The zero-order valence-electron chi connectivity index (χ0n) is 11.5. The molecule has 0 aliphatic carbocycles. The topological polar surface area (TPSA) is 23.6 Å². The molecule has 1 fully saturated rings. The first-order valence-corrected chi connectivity index (χ1v) is 7.08. The van der Waals surface area contributed by atoms with Crippen molar-refractivity contribution in [3.63, 3.8) is 0 Å². The molecule has 3 nitrogen and oxygen atoms in total. The van der Waals surface area contributed by atoms with E-state index in [9.17, 15) is 18.0 Å². The quantitative estimate of drug-likeness (QED) is 0.782. The standard InChI is InChI=1S/C14H16ClF3N2O/c1-10(15)13(21)20-7-5-19(6-8-20)12-4-2-3-11(9-12)14(16,17)18/h2-4,9-10H,5-8H2,1H3/t10-/m0/s1. The summed E-state index contributed by atoms with van der Waals surface area (Å²) in [6.07, 6.45) is -4.35. The van der Waals surface area contributed by atoms with Gasteiger partial charge in [0.15, 0.2) is 0 Å². The second-order valence-electron chi connectivity index (χ2n) is 4.98. The van der Waals surface area contributed by atoms with Gasteiger partial charge in [0.25, 0.3) is 0 Å². The number of carbonyl (C=O) groups excluding carboxylic acids is 1. The van der Waals surface area contributed by atoms with Crippen LogP contribution in [-0.2, 0) is 11.0 Å². The van der Waals surface area contributed by atoms with E-state index in [0.717, 1.165) is 12.1 Å². The van der Waals surface area contributed by atoms with Gasteiger partial charge in [0, 0.05) is 31.9 Å². The minimum atomic E-state index is -4.35. The average Bonchev–Trinajstić information content (AvgIpc) is 2.46. The maximum atomic E-state index is 12.7. The molecule has 1 aromatic rings. The molecule has 1 aromatic carbocycles. The van der Waals surface area contributed by atoms with Gasteiger partial charge in [-0.05, 0) is 25.1 Å². The summed E-state index contributed by atoms with van der Waals surface area (Å²) in [7, 11) is 0. The van der Waals surface area contributed by atoms with E-state index in [2.05, 4.69) is 0 Å². The van der Waals surface area contributed by atoms with Crippen LogP contribution in [0.25, 0.3) is 0 Å². The summed E-state index contributed by atoms with van der Waals surface area (Å²) in [4.78, 5) is 15.2. The van der Waals surface area contributed by atoms with Crippen molar-refractivity contribution in [2.24, 2.45) is 0 Å². The fourth-order valence-corrected chi connectivity index (χ4v) is 2.45. The highest BCUT2D eigenvalue weighted by molar-refractivity contribution is 6.30. The van der Waals surface area contributed by atoms with E-state index in [1.54, 1.807) is 17.9 Å². The van der Waals surface area contributed by atoms with Gasteiger partial charge in [-0.2, -0.15) is 13.2 Å². The third-order valence-corrected chi connectivity index (χ3v) is 3.66. The average molecular weight is 321 g/mol. The highest BCUT2D eigenvalue weighted by atomic mass is 35.5. The number of piperazine rings is 1. The maximum Gasteiger partial charge on any atom is 0.416 e. The van der Waals surface area contributed by atoms with Gasteiger partial charge in [0.05, 0.1) is 5.56 Å². The van der Waals surface area contributed by atoms with Crippen molar-refractivity contribution in [1.29, 1.82) is 0 Å². The van der Waals surface area contributed by atoms with E-state index in [1.165, 1.54) is 6.07 Å². The molecule has 116 valence electrons. The lowest BCUT2D eigenvalue weighted by Gasteiger charge is -2.36. The second-order valence-corrected chi connectivity index (χ2v) is 5.63. The van der Waals surface area contributed by atoms with Crippen LogP contribution >= 0.6 is 11.6 Å². The smallest absolute Gasteiger partial charge is 0.368 e. The fraction of sp³-hybridized carbons (Fsp3) is 0.500. The molecule has 1 atom stereocenters. The first-order valence-electron chi connectivity index (χ1n) is 6.64. The van der Waals surface area contributed by atoms with Gasteiger partial charge in [0.1, 0.15) is 5.38 Å². The van der Waals surface area contributed by atoms with Crippen molar-refractivity contribution in [2.45, 2.75) is 18.5 Å². The van der Waals surface area contributed by atoms with E-state index < -0.39 is 17.1 Å². The molecule has 1 amide bonds. The van der Waals surface area contributed by atoms with Gasteiger partial charge in [0.2, 0.25) is 5.91 Å². The lowest BCUT2D eigenvalue weighted by atomic mass is 10.1. The second kappa shape index (κ2) is 6.13. The minimum absolute atomic E-state index is 0.139. The van der Waals surface area contributed by atoms with Gasteiger partial charge in [-0.15, -0.1) is 11.6 Å². The molecule has 0 bridgehead atoms. The molecule has 1 heterocycles. The Kier molecular flexibility index (Phi) is 4.66. The van der Waals surface area contributed by atoms with E-state index in [0.29, 0.717) is 31.9 Å². The van der Waals surface area contributed by atoms with Crippen molar-refractivity contribution >= 4 is 23.2 Å². The highest BCUT2D eigenvalue weighted by Gasteiger charge is 2.31. The Balaban J connectivity index is 2.04. The van der Waals surface area contributed by atoms with Crippen LogP contribution in [-0.4, -0.2) is 42.4 Å². The summed E-state index contributed by atoms with van der Waals surface area (Å²) >= 11 is 5.76. The van der Waals surface area contributed by atoms with Crippen LogP contribution in [0.5, 0.6) is 0 Å². The van der Waals surface area contributed by atoms with Crippen molar-refractivity contribution in [2.75, 3.05) is 31.1 Å². The highest BCUT2D eigenvalue weighted by Crippen LogP contribution is 2.31. The van der Waals surface area contributed by atoms with E-state index in [4.69, 9.17) is 11.6 Å². The van der Waals surface area contributed by atoms with Gasteiger partial charge in [-0.3, -0.25) is 4.79 Å². The number of carbonyl (C=O) groups is 1. The van der Waals surface area contributed by atoms with Crippen LogP contribution in [0.2, 0.25) is 0 Å². The summed E-state index contributed by atoms with van der Waals surface area (Å²) in [5, 5.41) is -0.579. The Labute approximate surface area is 126 Å². The molecule has 1 aliphatic rings. The Morgan fingerprint density at radius 2 is 1.86 bits per heavy atom. The molecule has 21 heavy (non-hydrogen) atoms. The monoisotopic (exact) mass is 320 g/mol. The SMILES string of the molecule is C[C@H](Cl)C(=O)N1CCN(c2cccc(C(F)(F)F)c2)CC1. The van der Waals surface area contributed by atoms with Crippen LogP contribution in [0, 0.1) is 0 Å². The third kappa shape index (κ3) is 3.81. The number of amides is 1. The van der Waals surface area contributed by atoms with Gasteiger partial charge in [-0.1, -0.05) is 6.07 Å². The predicted octanol–water partition coefficient (Wildman–Crippen LogP) is 2.98. The molecule has 0 radical (unpaired) electrons. The van der Waals surface area contributed by atoms with E-state index in [-0.39, 0.29) is 5.91 Å². The first-order chi connectivity index (χ1) is 9.79. The first kappa shape index (κ1) is 15.9. The normalized spacial score (nSPS) is 17.8. The van der Waals surface area contributed by atoms with E-state index in [1.807, 2.05) is 4.90 Å². The molecule has 7 heteroatoms. The minimum Gasteiger partial charge on any atom is -0.368 e. The Bertz CT molecular complexity index is 511. The van der Waals surface area contributed by atoms with E-state index >= 15 is 0 Å². The number of hydrogen-bond acceptors (Lipinski definition) is 2. The number of anilines is 1. The summed E-state index contributed by atoms with van der Waals surface area (Å²) in [5.74, 6) is -0.139. The van der Waals surface area contributed by atoms with Crippen molar-refractivity contribution in [1.82, 2.24) is 4.90 Å². The zero-order chi connectivity index (χ0) is 15.6. The summed E-state index contributed by atoms with van der Waals surface area (Å²) in [6.45, 7) is 3.54. The van der Waals surface area contributed by atoms with Gasteiger partial charge >= 0.3 is 6.18 Å². The Morgan fingerprint density at radius 1 is 1.24 bits per heavy atom. The molecular weight excluding hydrogens is 305 g/mol. The number of benzene rings is 1. The van der Waals surface area contributed by atoms with Crippen LogP contribution in [0.15, 0.2) is 24.3 Å². The molecule has 0 unspecified atom stereocenters. The Morgan fingerprint density at radius 3 is 2.38 bits per heavy atom. The largest absolute Gasteiger partial charge is 0.416 e. The molecular formula is C14H16ClF3N2O. The number of halogens is 4. The van der Waals surface area contributed by atoms with Crippen molar-refractivity contribution in [3.8, 4) is 0 Å². The zero-order valence-corrected chi connectivity index (χ0v) is 12.3. The summed E-state index contributed by atoms with van der Waals surface area (Å²) < 4.78 is 38.1. The number of nitrogens with zero attached hydrogens (tertiary/aromatic N) is 2. The fourth-order valence-electron chi connectivity index (χ4n) is 2.32. The van der Waals surface area contributed by atoms with Crippen LogP contribution in [0.1, 0.15) is 12.5 Å².